The summed E-state index contributed by atoms with van der Waals surface area (Å²) in [5.41, 5.74) is 5.00. The van der Waals surface area contributed by atoms with Gasteiger partial charge in [-0.15, -0.1) is 0 Å². The predicted octanol–water partition coefficient (Wildman–Crippen LogP) is 10.4. The summed E-state index contributed by atoms with van der Waals surface area (Å²) >= 11 is 0. The molecule has 0 aromatic heterocycles. The smallest absolute Gasteiger partial charge is 0.416 e. The fourth-order valence-corrected chi connectivity index (χ4v) is 5.16. The van der Waals surface area contributed by atoms with Crippen molar-refractivity contribution in [1.82, 2.24) is 0 Å². The van der Waals surface area contributed by atoms with E-state index in [4.69, 9.17) is 4.74 Å². The number of benzene rings is 3. The van der Waals surface area contributed by atoms with Crippen LogP contribution >= 0.6 is 0 Å². The van der Waals surface area contributed by atoms with Gasteiger partial charge < -0.3 is 9.64 Å². The molecular weight excluding hydrogens is 547 g/mol. The molecule has 3 aromatic carbocycles. The number of rotatable bonds is 12. The molecule has 1 atom stereocenters. The molecule has 0 aliphatic rings. The number of carbonyl (C=O) groups is 1. The van der Waals surface area contributed by atoms with E-state index in [1.165, 1.54) is 23.3 Å². The maximum atomic E-state index is 13.3. The van der Waals surface area contributed by atoms with Crippen molar-refractivity contribution in [3.05, 3.63) is 89.0 Å². The molecule has 234 valence electrons. The molecule has 0 spiro atoms. The molecule has 0 saturated heterocycles. The largest absolute Gasteiger partial charge is 0.466 e. The molecule has 1 unspecified atom stereocenters. The van der Waals surface area contributed by atoms with Crippen LogP contribution in [0.3, 0.4) is 0 Å². The SMILES string of the molecule is CCOC(=O)C(CC(C)C)c1cc(-c2ccc(C(F)(F)F)cc2)cc(N(CCC(C)C)Cc2ccc(C(C)(C)C)cc2)c1. The summed E-state index contributed by atoms with van der Waals surface area (Å²) in [4.78, 5) is 15.5. The number of nitrogens with zero attached hydrogens (tertiary/aromatic N) is 1. The average Bonchev–Trinajstić information content (AvgIpc) is 2.93. The highest BCUT2D eigenvalue weighted by Crippen LogP contribution is 2.36. The van der Waals surface area contributed by atoms with E-state index in [2.05, 4.69) is 83.7 Å². The molecule has 0 aliphatic heterocycles. The summed E-state index contributed by atoms with van der Waals surface area (Å²) in [7, 11) is 0. The number of alkyl halides is 3. The third-order valence-electron chi connectivity index (χ3n) is 7.70. The van der Waals surface area contributed by atoms with Gasteiger partial charge in [-0.3, -0.25) is 4.79 Å². The number of halogens is 3. The van der Waals surface area contributed by atoms with Crippen molar-refractivity contribution in [2.75, 3.05) is 18.1 Å². The van der Waals surface area contributed by atoms with Crippen molar-refractivity contribution in [1.29, 1.82) is 0 Å². The molecule has 0 amide bonds. The molecule has 0 bridgehead atoms. The van der Waals surface area contributed by atoms with Crippen LogP contribution in [-0.4, -0.2) is 19.1 Å². The van der Waals surface area contributed by atoms with Gasteiger partial charge in [0.1, 0.15) is 0 Å². The summed E-state index contributed by atoms with van der Waals surface area (Å²) < 4.78 is 45.5. The first-order chi connectivity index (χ1) is 20.1. The van der Waals surface area contributed by atoms with Gasteiger partial charge in [-0.05, 0) is 89.1 Å². The molecule has 0 N–H and O–H groups in total. The van der Waals surface area contributed by atoms with Gasteiger partial charge in [0.2, 0.25) is 0 Å². The van der Waals surface area contributed by atoms with Crippen LogP contribution in [0.25, 0.3) is 11.1 Å². The Morgan fingerprint density at radius 3 is 1.93 bits per heavy atom. The zero-order valence-corrected chi connectivity index (χ0v) is 27.0. The highest BCUT2D eigenvalue weighted by Gasteiger charge is 2.30. The van der Waals surface area contributed by atoms with Crippen LogP contribution in [0.1, 0.15) is 96.4 Å². The van der Waals surface area contributed by atoms with E-state index in [-0.39, 0.29) is 23.9 Å². The second kappa shape index (κ2) is 14.5. The molecule has 6 heteroatoms. The van der Waals surface area contributed by atoms with Crippen LogP contribution in [0.2, 0.25) is 0 Å². The average molecular weight is 596 g/mol. The number of esters is 1. The molecule has 3 nitrogen and oxygen atoms in total. The van der Waals surface area contributed by atoms with E-state index < -0.39 is 17.7 Å². The van der Waals surface area contributed by atoms with Gasteiger partial charge in [0.15, 0.2) is 0 Å². The van der Waals surface area contributed by atoms with Crippen molar-refractivity contribution >= 4 is 11.7 Å². The lowest BCUT2D eigenvalue weighted by atomic mass is 9.86. The third kappa shape index (κ3) is 9.87. The van der Waals surface area contributed by atoms with Crippen LogP contribution in [0.5, 0.6) is 0 Å². The van der Waals surface area contributed by atoms with Crippen molar-refractivity contribution in [3.63, 3.8) is 0 Å². The van der Waals surface area contributed by atoms with E-state index in [0.717, 1.165) is 41.9 Å². The van der Waals surface area contributed by atoms with E-state index in [1.54, 1.807) is 6.92 Å². The number of carbonyl (C=O) groups excluding carboxylic acids is 1. The van der Waals surface area contributed by atoms with E-state index in [9.17, 15) is 18.0 Å². The molecule has 0 saturated carbocycles. The summed E-state index contributed by atoms with van der Waals surface area (Å²) in [6, 6.07) is 20.0. The first kappa shape index (κ1) is 34.2. The van der Waals surface area contributed by atoms with Gasteiger partial charge in [0, 0.05) is 18.8 Å². The number of hydrogen-bond acceptors (Lipinski definition) is 3. The van der Waals surface area contributed by atoms with Crippen molar-refractivity contribution < 1.29 is 22.7 Å². The Kier molecular flexibility index (Phi) is 11.5. The number of anilines is 1. The Labute approximate surface area is 256 Å². The monoisotopic (exact) mass is 595 g/mol. The first-order valence-corrected chi connectivity index (χ1v) is 15.4. The maximum Gasteiger partial charge on any atom is 0.416 e. The lowest BCUT2D eigenvalue weighted by Crippen LogP contribution is -2.26. The van der Waals surface area contributed by atoms with Crippen LogP contribution in [-0.2, 0) is 27.7 Å². The normalized spacial score (nSPS) is 13.0. The fraction of sp³-hybridized carbons (Fsp3) is 0.486. The molecule has 3 rings (SSSR count). The van der Waals surface area contributed by atoms with E-state index in [1.807, 2.05) is 12.1 Å². The van der Waals surface area contributed by atoms with Crippen LogP contribution in [0, 0.1) is 11.8 Å². The van der Waals surface area contributed by atoms with Gasteiger partial charge in [0.25, 0.3) is 0 Å². The molecule has 43 heavy (non-hydrogen) atoms. The van der Waals surface area contributed by atoms with Gasteiger partial charge in [-0.1, -0.05) is 90.9 Å². The summed E-state index contributed by atoms with van der Waals surface area (Å²) in [6.45, 7) is 18.7. The molecular formula is C37H48F3NO2. The summed E-state index contributed by atoms with van der Waals surface area (Å²) in [6.07, 6.45) is -2.84. The second-order valence-electron chi connectivity index (χ2n) is 13.4. The molecule has 0 fully saturated rings. The second-order valence-corrected chi connectivity index (χ2v) is 13.4. The highest BCUT2D eigenvalue weighted by atomic mass is 19.4. The minimum absolute atomic E-state index is 0.0548. The Bertz CT molecular complexity index is 1320. The van der Waals surface area contributed by atoms with Crippen molar-refractivity contribution in [2.45, 2.75) is 92.3 Å². The zero-order chi connectivity index (χ0) is 31.9. The minimum atomic E-state index is -4.41. The zero-order valence-electron chi connectivity index (χ0n) is 27.0. The topological polar surface area (TPSA) is 29.5 Å². The molecule has 0 radical (unpaired) electrons. The number of ether oxygens (including phenoxy) is 1. The number of hydrogen-bond donors (Lipinski definition) is 0. The van der Waals surface area contributed by atoms with Crippen molar-refractivity contribution in [3.8, 4) is 11.1 Å². The van der Waals surface area contributed by atoms with Crippen molar-refractivity contribution in [2.24, 2.45) is 11.8 Å². The molecule has 3 aromatic rings. The lowest BCUT2D eigenvalue weighted by Gasteiger charge is -2.29. The van der Waals surface area contributed by atoms with E-state index in [0.29, 0.717) is 24.4 Å². The van der Waals surface area contributed by atoms with Gasteiger partial charge in [-0.25, -0.2) is 0 Å². The standard InChI is InChI=1S/C37H48F3NO2/c1-9-43-35(42)34(20-26(4)5)30-21-29(28-12-16-32(17-13-28)37(38,39)40)22-33(23-30)41(19-18-25(2)3)24-27-10-14-31(15-11-27)36(6,7)8/h10-17,21-23,25-26,34H,9,18-20,24H2,1-8H3. The third-order valence-corrected chi connectivity index (χ3v) is 7.70. The molecule has 0 aliphatic carbocycles. The van der Waals surface area contributed by atoms with Crippen LogP contribution in [0.15, 0.2) is 66.7 Å². The van der Waals surface area contributed by atoms with Gasteiger partial charge in [0.05, 0.1) is 18.1 Å². The lowest BCUT2D eigenvalue weighted by molar-refractivity contribution is -0.145. The Morgan fingerprint density at radius 2 is 1.42 bits per heavy atom. The maximum absolute atomic E-state index is 13.3. The van der Waals surface area contributed by atoms with Gasteiger partial charge >= 0.3 is 12.1 Å². The summed E-state index contributed by atoms with van der Waals surface area (Å²) in [5.74, 6) is -0.0353. The fourth-order valence-electron chi connectivity index (χ4n) is 5.16. The quantitative estimate of drug-likeness (QED) is 0.195. The minimum Gasteiger partial charge on any atom is -0.466 e. The Morgan fingerprint density at radius 1 is 0.814 bits per heavy atom. The summed E-state index contributed by atoms with van der Waals surface area (Å²) in [5, 5.41) is 0. The van der Waals surface area contributed by atoms with Crippen LogP contribution < -0.4 is 4.90 Å². The van der Waals surface area contributed by atoms with Gasteiger partial charge in [-0.2, -0.15) is 13.2 Å². The van der Waals surface area contributed by atoms with Crippen LogP contribution in [0.4, 0.5) is 18.9 Å². The first-order valence-electron chi connectivity index (χ1n) is 15.4. The Hall–Kier alpha value is -3.28. The van der Waals surface area contributed by atoms with E-state index >= 15 is 0 Å². The molecule has 0 heterocycles. The predicted molar refractivity (Wildman–Crippen MR) is 171 cm³/mol. The highest BCUT2D eigenvalue weighted by molar-refractivity contribution is 5.80. The Balaban J connectivity index is 2.15.